The van der Waals surface area contributed by atoms with Gasteiger partial charge in [0.05, 0.1) is 19.1 Å². The predicted octanol–water partition coefficient (Wildman–Crippen LogP) is 3.23. The third-order valence-corrected chi connectivity index (χ3v) is 8.05. The molecule has 0 atom stereocenters. The maximum absolute atomic E-state index is 13.1. The van der Waals surface area contributed by atoms with Gasteiger partial charge < -0.3 is 14.8 Å². The van der Waals surface area contributed by atoms with Crippen molar-refractivity contribution in [1.29, 1.82) is 0 Å². The Morgan fingerprint density at radius 2 is 1.61 bits per heavy atom. The third kappa shape index (κ3) is 4.55. The van der Waals surface area contributed by atoms with Crippen molar-refractivity contribution in [3.8, 4) is 11.5 Å². The average Bonchev–Trinajstić information content (AvgIpc) is 3.26. The fraction of sp³-hybridized carbons (Fsp3) is 0.435. The normalized spacial score (nSPS) is 17.2. The molecule has 166 valence electrons. The van der Waals surface area contributed by atoms with Gasteiger partial charge in [-0.1, -0.05) is 6.07 Å². The summed E-state index contributed by atoms with van der Waals surface area (Å²) in [6.07, 6.45) is 4.01. The van der Waals surface area contributed by atoms with E-state index in [1.165, 1.54) is 9.87 Å². The Bertz CT molecular complexity index is 1050. The third-order valence-electron chi connectivity index (χ3n) is 6.15. The van der Waals surface area contributed by atoms with Crippen molar-refractivity contribution >= 4 is 21.6 Å². The van der Waals surface area contributed by atoms with E-state index < -0.39 is 10.0 Å². The van der Waals surface area contributed by atoms with Gasteiger partial charge in [0.15, 0.2) is 0 Å². The maximum Gasteiger partial charge on any atom is 0.243 e. The highest BCUT2D eigenvalue weighted by Crippen LogP contribution is 2.30. The van der Waals surface area contributed by atoms with Crippen molar-refractivity contribution in [2.24, 2.45) is 5.92 Å². The van der Waals surface area contributed by atoms with Gasteiger partial charge in [0, 0.05) is 42.9 Å². The molecule has 0 bridgehead atoms. The molecule has 0 unspecified atom stereocenters. The molecule has 2 aromatic rings. The number of piperidine rings is 1. The number of anilines is 1. The van der Waals surface area contributed by atoms with Gasteiger partial charge in [0.1, 0.15) is 11.5 Å². The van der Waals surface area contributed by atoms with Gasteiger partial charge in [-0.3, -0.25) is 4.79 Å². The van der Waals surface area contributed by atoms with Gasteiger partial charge in [0.2, 0.25) is 15.9 Å². The predicted molar refractivity (Wildman–Crippen MR) is 118 cm³/mol. The van der Waals surface area contributed by atoms with Crippen molar-refractivity contribution in [1.82, 2.24) is 4.31 Å². The number of fused-ring (bicyclic) bond motifs is 1. The smallest absolute Gasteiger partial charge is 0.243 e. The van der Waals surface area contributed by atoms with E-state index in [9.17, 15) is 13.2 Å². The first-order chi connectivity index (χ1) is 14.9. The van der Waals surface area contributed by atoms with Crippen molar-refractivity contribution in [3.05, 3.63) is 47.5 Å². The second-order valence-electron chi connectivity index (χ2n) is 8.05. The van der Waals surface area contributed by atoms with Crippen LogP contribution in [0.25, 0.3) is 0 Å². The van der Waals surface area contributed by atoms with Gasteiger partial charge in [-0.25, -0.2) is 8.42 Å². The van der Waals surface area contributed by atoms with Gasteiger partial charge in [-0.2, -0.15) is 4.31 Å². The van der Waals surface area contributed by atoms with Crippen molar-refractivity contribution < 1.29 is 22.7 Å². The van der Waals surface area contributed by atoms with Crippen LogP contribution in [0.5, 0.6) is 11.5 Å². The molecule has 4 rings (SSSR count). The van der Waals surface area contributed by atoms with E-state index in [1.54, 1.807) is 38.5 Å². The van der Waals surface area contributed by atoms with Crippen molar-refractivity contribution in [3.63, 3.8) is 0 Å². The molecule has 0 saturated carbocycles. The second-order valence-corrected chi connectivity index (χ2v) is 9.99. The van der Waals surface area contributed by atoms with Crippen LogP contribution in [0.4, 0.5) is 5.69 Å². The minimum absolute atomic E-state index is 0.120. The summed E-state index contributed by atoms with van der Waals surface area (Å²) < 4.78 is 38.2. The molecule has 1 aliphatic heterocycles. The Kier molecular flexibility index (Phi) is 6.20. The molecule has 1 heterocycles. The van der Waals surface area contributed by atoms with Gasteiger partial charge in [-0.15, -0.1) is 0 Å². The number of rotatable bonds is 6. The Labute approximate surface area is 183 Å². The number of hydrogen-bond donors (Lipinski definition) is 1. The Morgan fingerprint density at radius 3 is 2.26 bits per heavy atom. The highest BCUT2D eigenvalue weighted by Gasteiger charge is 2.32. The van der Waals surface area contributed by atoms with Crippen LogP contribution in [0.2, 0.25) is 0 Å². The summed E-state index contributed by atoms with van der Waals surface area (Å²) in [6.45, 7) is 0.665. The molecule has 8 heteroatoms. The average molecular weight is 445 g/mol. The Morgan fingerprint density at radius 1 is 0.968 bits per heavy atom. The number of nitrogens with one attached hydrogen (secondary N) is 1. The van der Waals surface area contributed by atoms with Gasteiger partial charge >= 0.3 is 0 Å². The lowest BCUT2D eigenvalue weighted by atomic mass is 9.97. The van der Waals surface area contributed by atoms with Crippen molar-refractivity contribution in [2.45, 2.75) is 37.0 Å². The Balaban J connectivity index is 1.40. The molecular formula is C23H28N2O5S. The molecule has 0 aromatic heterocycles. The van der Waals surface area contributed by atoms with E-state index in [2.05, 4.69) is 5.32 Å². The zero-order valence-corrected chi connectivity index (χ0v) is 18.7. The number of ether oxygens (including phenoxy) is 2. The molecule has 1 N–H and O–H groups in total. The van der Waals surface area contributed by atoms with E-state index in [0.717, 1.165) is 24.8 Å². The fourth-order valence-electron chi connectivity index (χ4n) is 4.34. The molecule has 7 nitrogen and oxygen atoms in total. The molecule has 1 aliphatic carbocycles. The number of sulfonamides is 1. The number of amides is 1. The summed E-state index contributed by atoms with van der Waals surface area (Å²) in [5, 5.41) is 2.91. The molecule has 0 radical (unpaired) electrons. The molecule has 1 saturated heterocycles. The molecule has 1 fully saturated rings. The van der Waals surface area contributed by atoms with Crippen LogP contribution in [0, 0.1) is 5.92 Å². The van der Waals surface area contributed by atoms with E-state index in [0.29, 0.717) is 48.0 Å². The molecule has 2 aromatic carbocycles. The molecular weight excluding hydrogens is 416 g/mol. The Hall–Kier alpha value is -2.58. The van der Waals surface area contributed by atoms with E-state index in [1.807, 2.05) is 12.1 Å². The van der Waals surface area contributed by atoms with Crippen molar-refractivity contribution in [2.75, 3.05) is 32.6 Å². The maximum atomic E-state index is 13.1. The van der Waals surface area contributed by atoms with E-state index in [-0.39, 0.29) is 11.8 Å². The summed E-state index contributed by atoms with van der Waals surface area (Å²) in [7, 11) is -0.435. The number of nitrogens with zero attached hydrogens (tertiary/aromatic N) is 1. The minimum atomic E-state index is -3.54. The topological polar surface area (TPSA) is 84.9 Å². The quantitative estimate of drug-likeness (QED) is 0.739. The summed E-state index contributed by atoms with van der Waals surface area (Å²) in [5.74, 6) is 0.809. The number of carbonyl (C=O) groups is 1. The van der Waals surface area contributed by atoms with Crippen LogP contribution in [0.15, 0.2) is 41.3 Å². The SMILES string of the molecule is COc1cc(NC(=O)C2CCN(S(=O)(=O)c3ccc4c(c3)CCC4)CC2)cc(OC)c1. The zero-order valence-electron chi connectivity index (χ0n) is 17.9. The first kappa shape index (κ1) is 21.6. The highest BCUT2D eigenvalue weighted by molar-refractivity contribution is 7.89. The minimum Gasteiger partial charge on any atom is -0.497 e. The van der Waals surface area contributed by atoms with E-state index >= 15 is 0 Å². The summed E-state index contributed by atoms with van der Waals surface area (Å²) >= 11 is 0. The highest BCUT2D eigenvalue weighted by atomic mass is 32.2. The second kappa shape index (κ2) is 8.88. The zero-order chi connectivity index (χ0) is 22.0. The lowest BCUT2D eigenvalue weighted by molar-refractivity contribution is -0.120. The monoisotopic (exact) mass is 444 g/mol. The van der Waals surface area contributed by atoms with Crippen LogP contribution in [0.1, 0.15) is 30.4 Å². The number of carbonyl (C=O) groups excluding carboxylic acids is 1. The summed E-state index contributed by atoms with van der Waals surface area (Å²) in [6, 6.07) is 10.7. The number of hydrogen-bond acceptors (Lipinski definition) is 5. The van der Waals surface area contributed by atoms with Crippen LogP contribution in [-0.4, -0.2) is 45.9 Å². The van der Waals surface area contributed by atoms with Gasteiger partial charge in [0.25, 0.3) is 0 Å². The molecule has 2 aliphatic rings. The van der Waals surface area contributed by atoms with Crippen LogP contribution < -0.4 is 14.8 Å². The van der Waals surface area contributed by atoms with Gasteiger partial charge in [-0.05, 0) is 55.4 Å². The molecule has 1 amide bonds. The lowest BCUT2D eigenvalue weighted by Gasteiger charge is -2.30. The number of benzene rings is 2. The molecule has 31 heavy (non-hydrogen) atoms. The van der Waals surface area contributed by atoms with Crippen LogP contribution in [-0.2, 0) is 27.7 Å². The first-order valence-electron chi connectivity index (χ1n) is 10.6. The standard InChI is InChI=1S/C23H28N2O5S/c1-29-20-13-19(14-21(15-20)30-2)24-23(26)17-8-10-25(11-9-17)31(27,28)22-7-6-16-4-3-5-18(16)12-22/h6-7,12-15,17H,3-5,8-11H2,1-2H3,(H,24,26). The van der Waals surface area contributed by atoms with Crippen LogP contribution >= 0.6 is 0 Å². The van der Waals surface area contributed by atoms with E-state index in [4.69, 9.17) is 9.47 Å². The number of aryl methyl sites for hydroxylation is 2. The van der Waals surface area contributed by atoms with Crippen LogP contribution in [0.3, 0.4) is 0 Å². The lowest BCUT2D eigenvalue weighted by Crippen LogP contribution is -2.41. The molecule has 0 spiro atoms. The first-order valence-corrected chi connectivity index (χ1v) is 12.0. The summed E-state index contributed by atoms with van der Waals surface area (Å²) in [4.78, 5) is 13.1. The fourth-order valence-corrected chi connectivity index (χ4v) is 5.86. The summed E-state index contributed by atoms with van der Waals surface area (Å²) in [5.41, 5.74) is 2.99. The number of methoxy groups -OCH3 is 2. The largest absolute Gasteiger partial charge is 0.497 e.